The van der Waals surface area contributed by atoms with E-state index in [1.807, 2.05) is 0 Å². The van der Waals surface area contributed by atoms with Crippen LogP contribution in [-0.2, 0) is 0 Å². The maximum atomic E-state index is 6.58. The first-order valence-electron chi connectivity index (χ1n) is 11.2. The smallest absolute Gasteiger partial charge is 0.00928 e. The summed E-state index contributed by atoms with van der Waals surface area (Å²) in [6.45, 7) is 11.8. The van der Waals surface area contributed by atoms with Crippen molar-refractivity contribution >= 4 is 12.4 Å². The molecule has 2 unspecified atom stereocenters. The Morgan fingerprint density at radius 2 is 1.00 bits per heavy atom. The van der Waals surface area contributed by atoms with E-state index < -0.39 is 0 Å². The van der Waals surface area contributed by atoms with Crippen molar-refractivity contribution in [1.29, 1.82) is 0 Å². The molecule has 0 radical (unpaired) electrons. The van der Waals surface area contributed by atoms with E-state index in [1.54, 1.807) is 0 Å². The molecule has 0 amide bonds. The quantitative estimate of drug-likeness (QED) is 0.254. The standard InChI is InChI=1S/C23H49N.ClH/c1-6-8-10-12-13-14-15-16-18-20-22(24)23(4,5)21(3)19-17-11-9-7-2;/h21-22H,6-20,24H2,1-5H3;1H. The highest BCUT2D eigenvalue weighted by molar-refractivity contribution is 5.85. The van der Waals surface area contributed by atoms with Gasteiger partial charge < -0.3 is 5.73 Å². The molecule has 2 atom stereocenters. The third-order valence-corrected chi connectivity index (χ3v) is 6.34. The molecule has 0 aliphatic rings. The van der Waals surface area contributed by atoms with Crippen molar-refractivity contribution in [3.05, 3.63) is 0 Å². The molecular formula is C23H50ClN. The Morgan fingerprint density at radius 1 is 0.640 bits per heavy atom. The molecule has 0 fully saturated rings. The van der Waals surface area contributed by atoms with Crippen LogP contribution in [0.1, 0.15) is 131 Å². The predicted molar refractivity (Wildman–Crippen MR) is 119 cm³/mol. The lowest BCUT2D eigenvalue weighted by Crippen LogP contribution is -2.41. The predicted octanol–water partition coefficient (Wildman–Crippen LogP) is 8.29. The minimum atomic E-state index is 0. The van der Waals surface area contributed by atoms with Crippen LogP contribution in [0, 0.1) is 11.3 Å². The number of hydrogen-bond donors (Lipinski definition) is 1. The Labute approximate surface area is 166 Å². The van der Waals surface area contributed by atoms with Crippen LogP contribution in [0.2, 0.25) is 0 Å². The summed E-state index contributed by atoms with van der Waals surface area (Å²) in [7, 11) is 0. The van der Waals surface area contributed by atoms with Gasteiger partial charge in [0.15, 0.2) is 0 Å². The second kappa shape index (κ2) is 17.7. The Balaban J connectivity index is 0. The van der Waals surface area contributed by atoms with Crippen LogP contribution in [0.25, 0.3) is 0 Å². The first-order valence-corrected chi connectivity index (χ1v) is 11.2. The van der Waals surface area contributed by atoms with E-state index in [-0.39, 0.29) is 17.8 Å². The van der Waals surface area contributed by atoms with E-state index in [4.69, 9.17) is 5.73 Å². The van der Waals surface area contributed by atoms with Gasteiger partial charge in [0, 0.05) is 6.04 Å². The largest absolute Gasteiger partial charge is 0.327 e. The molecule has 0 bridgehead atoms. The summed E-state index contributed by atoms with van der Waals surface area (Å²) in [5, 5.41) is 0. The van der Waals surface area contributed by atoms with Gasteiger partial charge in [-0.25, -0.2) is 0 Å². The van der Waals surface area contributed by atoms with E-state index in [1.165, 1.54) is 96.3 Å². The van der Waals surface area contributed by atoms with Gasteiger partial charge in [0.2, 0.25) is 0 Å². The molecular weight excluding hydrogens is 326 g/mol. The molecule has 1 nitrogen and oxygen atoms in total. The Kier molecular flexibility index (Phi) is 19.4. The van der Waals surface area contributed by atoms with E-state index >= 15 is 0 Å². The third-order valence-electron chi connectivity index (χ3n) is 6.34. The van der Waals surface area contributed by atoms with Crippen LogP contribution in [0.15, 0.2) is 0 Å². The molecule has 0 aliphatic carbocycles. The maximum absolute atomic E-state index is 6.58. The van der Waals surface area contributed by atoms with Crippen LogP contribution in [0.5, 0.6) is 0 Å². The number of rotatable bonds is 17. The van der Waals surface area contributed by atoms with Crippen LogP contribution < -0.4 is 5.73 Å². The van der Waals surface area contributed by atoms with Gasteiger partial charge in [0.05, 0.1) is 0 Å². The maximum Gasteiger partial charge on any atom is 0.00928 e. The van der Waals surface area contributed by atoms with E-state index in [2.05, 4.69) is 34.6 Å². The first kappa shape index (κ1) is 27.5. The molecule has 0 aliphatic heterocycles. The van der Waals surface area contributed by atoms with Gasteiger partial charge in [-0.1, -0.05) is 125 Å². The zero-order valence-electron chi connectivity index (χ0n) is 18.2. The number of unbranched alkanes of at least 4 members (excludes halogenated alkanes) is 11. The summed E-state index contributed by atoms with van der Waals surface area (Å²) < 4.78 is 0. The first-order chi connectivity index (χ1) is 11.5. The van der Waals surface area contributed by atoms with Crippen molar-refractivity contribution in [3.8, 4) is 0 Å². The van der Waals surface area contributed by atoms with Gasteiger partial charge in [-0.2, -0.15) is 0 Å². The Hall–Kier alpha value is 0.250. The van der Waals surface area contributed by atoms with Crippen LogP contribution in [-0.4, -0.2) is 6.04 Å². The summed E-state index contributed by atoms with van der Waals surface area (Å²) in [4.78, 5) is 0. The van der Waals surface area contributed by atoms with Crippen LogP contribution in [0.3, 0.4) is 0 Å². The Morgan fingerprint density at radius 3 is 1.48 bits per heavy atom. The summed E-state index contributed by atoms with van der Waals surface area (Å²) in [5.74, 6) is 0.739. The molecule has 0 saturated carbocycles. The Bertz CT molecular complexity index is 265. The van der Waals surface area contributed by atoms with Crippen LogP contribution in [0.4, 0.5) is 0 Å². The minimum absolute atomic E-state index is 0. The topological polar surface area (TPSA) is 26.0 Å². The van der Waals surface area contributed by atoms with Crippen LogP contribution >= 0.6 is 12.4 Å². The lowest BCUT2D eigenvalue weighted by molar-refractivity contribution is 0.158. The number of nitrogens with two attached hydrogens (primary N) is 1. The summed E-state index contributed by atoms with van der Waals surface area (Å²) in [6, 6.07) is 0.364. The van der Waals surface area contributed by atoms with Crippen molar-refractivity contribution in [3.63, 3.8) is 0 Å². The molecule has 0 aromatic rings. The summed E-state index contributed by atoms with van der Waals surface area (Å²) in [5.41, 5.74) is 6.86. The zero-order chi connectivity index (χ0) is 18.3. The summed E-state index contributed by atoms with van der Waals surface area (Å²) >= 11 is 0. The SMILES string of the molecule is CCCCCCCCCCCC(N)C(C)(C)C(C)CCCCCC.Cl. The van der Waals surface area contributed by atoms with Crippen molar-refractivity contribution in [2.75, 3.05) is 0 Å². The van der Waals surface area contributed by atoms with Crippen molar-refractivity contribution < 1.29 is 0 Å². The molecule has 25 heavy (non-hydrogen) atoms. The molecule has 0 saturated heterocycles. The second-order valence-corrected chi connectivity index (χ2v) is 8.80. The van der Waals surface area contributed by atoms with E-state index in [0.717, 1.165) is 5.92 Å². The molecule has 0 aromatic carbocycles. The lowest BCUT2D eigenvalue weighted by Gasteiger charge is -2.38. The fourth-order valence-electron chi connectivity index (χ4n) is 3.66. The molecule has 0 spiro atoms. The van der Waals surface area contributed by atoms with Gasteiger partial charge in [-0.15, -0.1) is 12.4 Å². The highest BCUT2D eigenvalue weighted by atomic mass is 35.5. The van der Waals surface area contributed by atoms with Gasteiger partial charge in [0.1, 0.15) is 0 Å². The van der Waals surface area contributed by atoms with E-state index in [9.17, 15) is 0 Å². The highest BCUT2D eigenvalue weighted by Crippen LogP contribution is 2.35. The van der Waals surface area contributed by atoms with Gasteiger partial charge in [0.25, 0.3) is 0 Å². The van der Waals surface area contributed by atoms with Gasteiger partial charge in [-0.3, -0.25) is 0 Å². The fourth-order valence-corrected chi connectivity index (χ4v) is 3.66. The molecule has 0 aromatic heterocycles. The molecule has 2 heteroatoms. The van der Waals surface area contributed by atoms with Gasteiger partial charge in [-0.05, 0) is 17.8 Å². The number of halogens is 1. The average molecular weight is 376 g/mol. The molecule has 2 N–H and O–H groups in total. The second-order valence-electron chi connectivity index (χ2n) is 8.80. The van der Waals surface area contributed by atoms with Gasteiger partial charge >= 0.3 is 0 Å². The molecule has 154 valence electrons. The normalized spacial score (nSPS) is 14.2. The molecule has 0 heterocycles. The minimum Gasteiger partial charge on any atom is -0.327 e. The fraction of sp³-hybridized carbons (Fsp3) is 1.00. The molecule has 0 rings (SSSR count). The summed E-state index contributed by atoms with van der Waals surface area (Å²) in [6.07, 6.45) is 20.7. The van der Waals surface area contributed by atoms with Crippen molar-refractivity contribution in [1.82, 2.24) is 0 Å². The van der Waals surface area contributed by atoms with Crippen molar-refractivity contribution in [2.24, 2.45) is 17.1 Å². The average Bonchev–Trinajstić information content (AvgIpc) is 2.56. The highest BCUT2D eigenvalue weighted by Gasteiger charge is 2.31. The lowest BCUT2D eigenvalue weighted by atomic mass is 9.71. The third kappa shape index (κ3) is 14.0. The van der Waals surface area contributed by atoms with Crippen molar-refractivity contribution in [2.45, 2.75) is 137 Å². The zero-order valence-corrected chi connectivity index (χ0v) is 19.1. The monoisotopic (exact) mass is 375 g/mol. The van der Waals surface area contributed by atoms with E-state index in [0.29, 0.717) is 6.04 Å². The number of hydrogen-bond acceptors (Lipinski definition) is 1.